The number of benzene rings is 1. The summed E-state index contributed by atoms with van der Waals surface area (Å²) in [4.78, 5) is 27.8. The summed E-state index contributed by atoms with van der Waals surface area (Å²) < 4.78 is 4.32. The Labute approximate surface area is 157 Å². The van der Waals surface area contributed by atoms with Gasteiger partial charge in [-0.3, -0.25) is 19.6 Å². The molecular formula is C16H17N5O3S2. The summed E-state index contributed by atoms with van der Waals surface area (Å²) in [6, 6.07) is 6.34. The second-order valence-electron chi connectivity index (χ2n) is 5.41. The van der Waals surface area contributed by atoms with Crippen molar-refractivity contribution in [1.82, 2.24) is 14.3 Å². The molecule has 8 nitrogen and oxygen atoms in total. The van der Waals surface area contributed by atoms with Gasteiger partial charge in [-0.25, -0.2) is 0 Å². The number of nitro benzene ring substituents is 1. The van der Waals surface area contributed by atoms with Gasteiger partial charge in [0, 0.05) is 37.2 Å². The molecule has 0 atom stereocenters. The average Bonchev–Trinajstić information content (AvgIpc) is 3.23. The zero-order chi connectivity index (χ0) is 18.7. The van der Waals surface area contributed by atoms with Crippen molar-refractivity contribution < 1.29 is 9.72 Å². The van der Waals surface area contributed by atoms with Gasteiger partial charge in [-0.2, -0.15) is 21.9 Å². The van der Waals surface area contributed by atoms with E-state index in [9.17, 15) is 14.9 Å². The Kier molecular flexibility index (Phi) is 5.52. The Morgan fingerprint density at radius 1 is 1.42 bits per heavy atom. The van der Waals surface area contributed by atoms with E-state index < -0.39 is 10.8 Å². The molecule has 10 heteroatoms. The van der Waals surface area contributed by atoms with Crippen LogP contribution in [0, 0.1) is 10.1 Å². The van der Waals surface area contributed by atoms with E-state index in [-0.39, 0.29) is 11.4 Å². The summed E-state index contributed by atoms with van der Waals surface area (Å²) in [7, 11) is 0. The third kappa shape index (κ3) is 3.70. The lowest BCUT2D eigenvalue weighted by Crippen LogP contribution is -2.18. The van der Waals surface area contributed by atoms with E-state index in [0.717, 1.165) is 16.0 Å². The van der Waals surface area contributed by atoms with E-state index in [0.29, 0.717) is 17.9 Å². The number of non-ortho nitro benzene ring substituents is 1. The van der Waals surface area contributed by atoms with Crippen LogP contribution in [0.1, 0.15) is 17.4 Å². The smallest absolute Gasteiger partial charge is 0.300 e. The third-order valence-corrected chi connectivity index (χ3v) is 5.41. The van der Waals surface area contributed by atoms with Gasteiger partial charge in [0.25, 0.3) is 11.6 Å². The van der Waals surface area contributed by atoms with Crippen molar-refractivity contribution in [2.75, 3.05) is 12.0 Å². The highest BCUT2D eigenvalue weighted by Crippen LogP contribution is 2.23. The zero-order valence-electron chi connectivity index (χ0n) is 14.3. The fourth-order valence-electron chi connectivity index (χ4n) is 2.46. The normalized spacial score (nSPS) is 12.0. The largest absolute Gasteiger partial charge is 0.315 e. The number of carbonyl (C=O) groups excluding carboxylic acids is 1. The van der Waals surface area contributed by atoms with Crippen LogP contribution >= 0.6 is 23.1 Å². The van der Waals surface area contributed by atoms with E-state index in [1.807, 2.05) is 17.7 Å². The molecule has 1 aromatic carbocycles. The third-order valence-electron chi connectivity index (χ3n) is 3.78. The van der Waals surface area contributed by atoms with E-state index in [1.54, 1.807) is 34.8 Å². The SMILES string of the molecule is CCn1ccc(C(=O)N=c2sc3cc([N+](=O)[O-])ccc3n2CCSC)n1. The van der Waals surface area contributed by atoms with Crippen LogP contribution in [0.4, 0.5) is 5.69 Å². The van der Waals surface area contributed by atoms with Crippen LogP contribution in [0.3, 0.4) is 0 Å². The number of nitro groups is 1. The lowest BCUT2D eigenvalue weighted by molar-refractivity contribution is -0.384. The van der Waals surface area contributed by atoms with Crippen molar-refractivity contribution in [2.24, 2.45) is 4.99 Å². The molecule has 0 aliphatic heterocycles. The van der Waals surface area contributed by atoms with Crippen molar-refractivity contribution in [1.29, 1.82) is 0 Å². The minimum absolute atomic E-state index is 0.0235. The number of hydrogen-bond acceptors (Lipinski definition) is 6. The molecule has 0 radical (unpaired) electrons. The molecular weight excluding hydrogens is 374 g/mol. The van der Waals surface area contributed by atoms with Gasteiger partial charge in [-0.15, -0.1) is 0 Å². The number of hydrogen-bond donors (Lipinski definition) is 0. The van der Waals surface area contributed by atoms with Gasteiger partial charge in [0.15, 0.2) is 10.5 Å². The number of nitrogens with zero attached hydrogens (tertiary/aromatic N) is 5. The Hall–Kier alpha value is -2.46. The Balaban J connectivity index is 2.09. The summed E-state index contributed by atoms with van der Waals surface area (Å²) in [6.07, 6.45) is 3.73. The molecule has 0 bridgehead atoms. The minimum Gasteiger partial charge on any atom is -0.315 e. The van der Waals surface area contributed by atoms with E-state index in [4.69, 9.17) is 0 Å². The first-order valence-corrected chi connectivity index (χ1v) is 10.1. The van der Waals surface area contributed by atoms with Gasteiger partial charge in [0.05, 0.1) is 15.1 Å². The van der Waals surface area contributed by atoms with E-state index in [2.05, 4.69) is 10.1 Å². The number of thiazole rings is 1. The highest BCUT2D eigenvalue weighted by atomic mass is 32.2. The van der Waals surface area contributed by atoms with Crippen LogP contribution in [0.5, 0.6) is 0 Å². The van der Waals surface area contributed by atoms with Crippen LogP contribution in [0.15, 0.2) is 35.5 Å². The highest BCUT2D eigenvalue weighted by Gasteiger charge is 2.14. The van der Waals surface area contributed by atoms with Gasteiger partial charge in [-0.05, 0) is 25.3 Å². The predicted molar refractivity (Wildman–Crippen MR) is 103 cm³/mol. The summed E-state index contributed by atoms with van der Waals surface area (Å²) in [5, 5.41) is 15.2. The maximum atomic E-state index is 12.5. The summed E-state index contributed by atoms with van der Waals surface area (Å²) >= 11 is 2.95. The molecule has 0 saturated heterocycles. The van der Waals surface area contributed by atoms with Crippen LogP contribution < -0.4 is 4.80 Å². The van der Waals surface area contributed by atoms with Crippen LogP contribution in [0.25, 0.3) is 10.2 Å². The molecule has 0 aliphatic rings. The van der Waals surface area contributed by atoms with E-state index >= 15 is 0 Å². The van der Waals surface area contributed by atoms with Crippen LogP contribution in [0.2, 0.25) is 0 Å². The highest BCUT2D eigenvalue weighted by molar-refractivity contribution is 7.98. The molecule has 0 spiro atoms. The predicted octanol–water partition coefficient (Wildman–Crippen LogP) is 2.93. The van der Waals surface area contributed by atoms with Crippen molar-refractivity contribution in [3.63, 3.8) is 0 Å². The summed E-state index contributed by atoms with van der Waals surface area (Å²) in [5.74, 6) is 0.422. The molecule has 1 amide bonds. The number of rotatable bonds is 6. The number of aryl methyl sites for hydroxylation is 2. The molecule has 0 unspecified atom stereocenters. The number of carbonyl (C=O) groups is 1. The average molecular weight is 391 g/mol. The lowest BCUT2D eigenvalue weighted by Gasteiger charge is -2.03. The Bertz CT molecular complexity index is 1030. The standard InChI is InChI=1S/C16H17N5O3S2/c1-3-19-7-6-12(18-19)15(22)17-16-20(8-9-25-2)13-5-4-11(21(23)24)10-14(13)26-16/h4-7,10H,3,8-9H2,1-2H3. The topological polar surface area (TPSA) is 95.3 Å². The molecule has 26 heavy (non-hydrogen) atoms. The van der Waals surface area contributed by atoms with Crippen LogP contribution in [-0.2, 0) is 13.1 Å². The van der Waals surface area contributed by atoms with E-state index in [1.165, 1.54) is 23.5 Å². The molecule has 3 rings (SSSR count). The molecule has 0 saturated carbocycles. The Morgan fingerprint density at radius 3 is 2.88 bits per heavy atom. The molecule has 2 aromatic heterocycles. The molecule has 0 fully saturated rings. The minimum atomic E-state index is -0.426. The molecule has 3 aromatic rings. The van der Waals surface area contributed by atoms with Crippen molar-refractivity contribution in [3.05, 3.63) is 51.1 Å². The maximum Gasteiger partial charge on any atom is 0.300 e. The Morgan fingerprint density at radius 2 is 2.23 bits per heavy atom. The summed E-state index contributed by atoms with van der Waals surface area (Å²) in [5.41, 5.74) is 1.14. The first-order chi connectivity index (χ1) is 12.5. The van der Waals surface area contributed by atoms with Crippen molar-refractivity contribution in [3.8, 4) is 0 Å². The van der Waals surface area contributed by atoms with Crippen LogP contribution in [-0.4, -0.2) is 37.2 Å². The number of thioether (sulfide) groups is 1. The van der Waals surface area contributed by atoms with Gasteiger partial charge < -0.3 is 4.57 Å². The van der Waals surface area contributed by atoms with Gasteiger partial charge in [0.1, 0.15) is 0 Å². The number of fused-ring (bicyclic) bond motifs is 1. The molecule has 0 N–H and O–H groups in total. The monoisotopic (exact) mass is 391 g/mol. The molecule has 2 heterocycles. The number of aromatic nitrogens is 3. The number of amides is 1. The fourth-order valence-corrected chi connectivity index (χ4v) is 3.91. The zero-order valence-corrected chi connectivity index (χ0v) is 15.9. The van der Waals surface area contributed by atoms with Gasteiger partial charge in [0.2, 0.25) is 0 Å². The molecule has 136 valence electrons. The second kappa shape index (κ2) is 7.83. The summed E-state index contributed by atoms with van der Waals surface area (Å²) in [6.45, 7) is 3.27. The van der Waals surface area contributed by atoms with Gasteiger partial charge in [-0.1, -0.05) is 11.3 Å². The maximum absolute atomic E-state index is 12.5. The lowest BCUT2D eigenvalue weighted by atomic mass is 10.3. The van der Waals surface area contributed by atoms with Crippen molar-refractivity contribution >= 4 is 44.9 Å². The van der Waals surface area contributed by atoms with Crippen molar-refractivity contribution in [2.45, 2.75) is 20.0 Å². The fraction of sp³-hybridized carbons (Fsp3) is 0.312. The molecule has 0 aliphatic carbocycles. The van der Waals surface area contributed by atoms with Gasteiger partial charge >= 0.3 is 0 Å². The first-order valence-electron chi connectivity index (χ1n) is 7.92. The second-order valence-corrected chi connectivity index (χ2v) is 7.41. The quantitative estimate of drug-likeness (QED) is 0.475. The first kappa shape index (κ1) is 18.3.